The molecule has 0 saturated heterocycles. The Hall–Kier alpha value is -2.83. The van der Waals surface area contributed by atoms with Gasteiger partial charge in [0.05, 0.1) is 0 Å². The molecule has 1 aliphatic rings. The molecule has 1 aliphatic heterocycles. The number of carbonyl (C=O) groups is 2. The third kappa shape index (κ3) is 3.74. The zero-order valence-electron chi connectivity index (χ0n) is 14.9. The quantitative estimate of drug-likeness (QED) is 0.601. The Morgan fingerprint density at radius 1 is 1.18 bits per heavy atom. The van der Waals surface area contributed by atoms with Crippen molar-refractivity contribution in [1.29, 1.82) is 0 Å². The standard InChI is InChI=1S/C21H16ClNO4S/c1-12(20(24)23-15-6-4-5-14(22)10-15)27-21(25)18-9-13-11-26-17-8-3-2-7-16(17)19(13)28-18/h2-10,12H,11H2,1H3,(H,23,24)/t12-/m1/s1. The number of fused-ring (bicyclic) bond motifs is 3. The number of hydrogen-bond donors (Lipinski definition) is 1. The molecule has 1 N–H and O–H groups in total. The smallest absolute Gasteiger partial charge is 0.349 e. The van der Waals surface area contributed by atoms with Crippen LogP contribution in [0, 0.1) is 0 Å². The molecule has 1 amide bonds. The summed E-state index contributed by atoms with van der Waals surface area (Å²) in [6.45, 7) is 1.94. The molecule has 0 spiro atoms. The third-order valence-corrected chi connectivity index (χ3v) is 5.70. The average molecular weight is 414 g/mol. The zero-order chi connectivity index (χ0) is 19.7. The van der Waals surface area contributed by atoms with Gasteiger partial charge in [-0.1, -0.05) is 29.8 Å². The second kappa shape index (κ2) is 7.66. The molecule has 142 valence electrons. The maximum Gasteiger partial charge on any atom is 0.349 e. The molecule has 0 saturated carbocycles. The summed E-state index contributed by atoms with van der Waals surface area (Å²) in [5.74, 6) is -0.165. The number of halogens is 1. The van der Waals surface area contributed by atoms with E-state index in [4.69, 9.17) is 21.1 Å². The van der Waals surface area contributed by atoms with Gasteiger partial charge in [-0.2, -0.15) is 0 Å². The van der Waals surface area contributed by atoms with E-state index in [0.717, 1.165) is 21.8 Å². The molecule has 1 atom stereocenters. The summed E-state index contributed by atoms with van der Waals surface area (Å²) in [5, 5.41) is 3.19. The first kappa shape index (κ1) is 18.5. The number of nitrogens with one attached hydrogen (secondary N) is 1. The number of anilines is 1. The van der Waals surface area contributed by atoms with Crippen molar-refractivity contribution in [3.8, 4) is 16.2 Å². The molecular formula is C21H16ClNO4S. The maximum atomic E-state index is 12.5. The van der Waals surface area contributed by atoms with Crippen LogP contribution in [0.4, 0.5) is 5.69 Å². The highest BCUT2D eigenvalue weighted by atomic mass is 35.5. The Morgan fingerprint density at radius 3 is 2.82 bits per heavy atom. The van der Waals surface area contributed by atoms with E-state index in [9.17, 15) is 9.59 Å². The molecule has 0 radical (unpaired) electrons. The summed E-state index contributed by atoms with van der Waals surface area (Å²) in [6, 6.07) is 16.2. The minimum absolute atomic E-state index is 0.404. The Kier molecular flexibility index (Phi) is 5.07. The molecule has 2 aromatic carbocycles. The van der Waals surface area contributed by atoms with Gasteiger partial charge < -0.3 is 14.8 Å². The molecule has 4 rings (SSSR count). The zero-order valence-corrected chi connectivity index (χ0v) is 16.5. The number of hydrogen-bond acceptors (Lipinski definition) is 5. The number of para-hydroxylation sites is 1. The minimum atomic E-state index is -0.950. The highest BCUT2D eigenvalue weighted by Crippen LogP contribution is 2.42. The van der Waals surface area contributed by atoms with Crippen LogP contribution in [0.1, 0.15) is 22.2 Å². The molecular weight excluding hydrogens is 398 g/mol. The fourth-order valence-corrected chi connectivity index (χ4v) is 4.15. The summed E-state index contributed by atoms with van der Waals surface area (Å²) in [7, 11) is 0. The Bertz CT molecular complexity index is 1060. The lowest BCUT2D eigenvalue weighted by molar-refractivity contribution is -0.123. The largest absolute Gasteiger partial charge is 0.488 e. The van der Waals surface area contributed by atoms with Gasteiger partial charge in [-0.25, -0.2) is 4.79 Å². The van der Waals surface area contributed by atoms with E-state index in [1.165, 1.54) is 18.3 Å². The summed E-state index contributed by atoms with van der Waals surface area (Å²) in [4.78, 5) is 26.3. The van der Waals surface area contributed by atoms with Gasteiger partial charge in [0.15, 0.2) is 6.10 Å². The normalized spacial score (nSPS) is 12.9. The summed E-state index contributed by atoms with van der Waals surface area (Å²) in [5.41, 5.74) is 2.44. The van der Waals surface area contributed by atoms with Crippen LogP contribution in [-0.2, 0) is 16.1 Å². The number of carbonyl (C=O) groups excluding carboxylic acids is 2. The molecule has 0 fully saturated rings. The van der Waals surface area contributed by atoms with Crippen LogP contribution in [0.2, 0.25) is 5.02 Å². The topological polar surface area (TPSA) is 64.6 Å². The number of thiophene rings is 1. The van der Waals surface area contributed by atoms with E-state index < -0.39 is 18.0 Å². The summed E-state index contributed by atoms with van der Waals surface area (Å²) in [6.07, 6.45) is -0.950. The van der Waals surface area contributed by atoms with Crippen molar-refractivity contribution < 1.29 is 19.1 Å². The van der Waals surface area contributed by atoms with Crippen molar-refractivity contribution in [2.75, 3.05) is 5.32 Å². The van der Waals surface area contributed by atoms with Gasteiger partial charge in [0.2, 0.25) is 0 Å². The molecule has 5 nitrogen and oxygen atoms in total. The van der Waals surface area contributed by atoms with Crippen molar-refractivity contribution in [2.45, 2.75) is 19.6 Å². The number of esters is 1. The summed E-state index contributed by atoms with van der Waals surface area (Å²) >= 11 is 7.25. The van der Waals surface area contributed by atoms with Gasteiger partial charge in [-0.15, -0.1) is 11.3 Å². The number of benzene rings is 2. The Balaban J connectivity index is 1.46. The molecule has 0 aliphatic carbocycles. The minimum Gasteiger partial charge on any atom is -0.488 e. The van der Waals surface area contributed by atoms with Gasteiger partial charge in [0, 0.05) is 26.7 Å². The molecule has 3 aromatic rings. The second-order valence-electron chi connectivity index (χ2n) is 6.30. The average Bonchev–Trinajstić information content (AvgIpc) is 3.13. The van der Waals surface area contributed by atoms with Crippen LogP contribution in [0.25, 0.3) is 10.4 Å². The van der Waals surface area contributed by atoms with E-state index in [2.05, 4.69) is 5.32 Å². The lowest BCUT2D eigenvalue weighted by Crippen LogP contribution is -2.29. The predicted octanol–water partition coefficient (Wildman–Crippen LogP) is 5.14. The van der Waals surface area contributed by atoms with Crippen LogP contribution < -0.4 is 10.1 Å². The molecule has 7 heteroatoms. The van der Waals surface area contributed by atoms with Crippen LogP contribution in [0.5, 0.6) is 5.75 Å². The van der Waals surface area contributed by atoms with Gasteiger partial charge in [0.1, 0.15) is 17.2 Å². The fourth-order valence-electron chi connectivity index (χ4n) is 2.88. The fraction of sp³-hybridized carbons (Fsp3) is 0.143. The van der Waals surface area contributed by atoms with E-state index in [1.54, 1.807) is 30.3 Å². The molecule has 2 heterocycles. The molecule has 28 heavy (non-hydrogen) atoms. The third-order valence-electron chi connectivity index (χ3n) is 4.27. The predicted molar refractivity (Wildman–Crippen MR) is 109 cm³/mol. The lowest BCUT2D eigenvalue weighted by Gasteiger charge is -2.16. The molecule has 1 aromatic heterocycles. The van der Waals surface area contributed by atoms with E-state index >= 15 is 0 Å². The SMILES string of the molecule is C[C@@H](OC(=O)c1cc2c(s1)-c1ccccc1OC2)C(=O)Nc1cccc(Cl)c1. The van der Waals surface area contributed by atoms with Crippen molar-refractivity contribution in [1.82, 2.24) is 0 Å². The van der Waals surface area contributed by atoms with Crippen LogP contribution in [0.15, 0.2) is 54.6 Å². The number of ether oxygens (including phenoxy) is 2. The summed E-state index contributed by atoms with van der Waals surface area (Å²) < 4.78 is 11.1. The maximum absolute atomic E-state index is 12.5. The van der Waals surface area contributed by atoms with E-state index in [1.807, 2.05) is 24.3 Å². The molecule has 0 bridgehead atoms. The number of amides is 1. The Labute approximate surface area is 170 Å². The van der Waals surface area contributed by atoms with Crippen molar-refractivity contribution in [3.05, 3.63) is 70.1 Å². The van der Waals surface area contributed by atoms with Crippen LogP contribution in [0.3, 0.4) is 0 Å². The van der Waals surface area contributed by atoms with Gasteiger partial charge >= 0.3 is 5.97 Å². The van der Waals surface area contributed by atoms with Gasteiger partial charge in [-0.3, -0.25) is 4.79 Å². The van der Waals surface area contributed by atoms with Gasteiger partial charge in [-0.05, 0) is 43.3 Å². The van der Waals surface area contributed by atoms with Gasteiger partial charge in [0.25, 0.3) is 5.91 Å². The van der Waals surface area contributed by atoms with E-state index in [-0.39, 0.29) is 0 Å². The first-order valence-corrected chi connectivity index (χ1v) is 9.83. The number of rotatable bonds is 4. The highest BCUT2D eigenvalue weighted by molar-refractivity contribution is 7.17. The van der Waals surface area contributed by atoms with Crippen molar-refractivity contribution in [3.63, 3.8) is 0 Å². The van der Waals surface area contributed by atoms with Crippen LogP contribution >= 0.6 is 22.9 Å². The van der Waals surface area contributed by atoms with Crippen LogP contribution in [-0.4, -0.2) is 18.0 Å². The van der Waals surface area contributed by atoms with E-state index in [0.29, 0.717) is 22.2 Å². The monoisotopic (exact) mass is 413 g/mol. The first-order valence-electron chi connectivity index (χ1n) is 8.63. The second-order valence-corrected chi connectivity index (χ2v) is 7.79. The molecule has 0 unspecified atom stereocenters. The van der Waals surface area contributed by atoms with Crippen molar-refractivity contribution >= 4 is 40.5 Å². The highest BCUT2D eigenvalue weighted by Gasteiger charge is 2.25. The Morgan fingerprint density at radius 2 is 2.00 bits per heavy atom. The lowest BCUT2D eigenvalue weighted by atomic mass is 10.1. The van der Waals surface area contributed by atoms with Crippen molar-refractivity contribution in [2.24, 2.45) is 0 Å². The first-order chi connectivity index (χ1) is 13.5.